The average molecular weight is 246 g/mol. The Morgan fingerprint density at radius 2 is 1.94 bits per heavy atom. The highest BCUT2D eigenvalue weighted by Crippen LogP contribution is 2.34. The van der Waals surface area contributed by atoms with E-state index >= 15 is 0 Å². The monoisotopic (exact) mass is 246 g/mol. The Morgan fingerprint density at radius 1 is 1.35 bits per heavy atom. The van der Waals surface area contributed by atoms with Crippen LogP contribution >= 0.6 is 0 Å². The molecule has 0 amide bonds. The van der Waals surface area contributed by atoms with Crippen molar-refractivity contribution in [2.75, 3.05) is 0 Å². The standard InChI is InChI=1S/C11H13F3N2O/c1-6(2)17-7-3-4-8(10(15)16)9(5-7)11(12,13)14/h3-6H,1-2H3,(H3,15,16). The van der Waals surface area contributed by atoms with Gasteiger partial charge in [0.2, 0.25) is 0 Å². The highest BCUT2D eigenvalue weighted by molar-refractivity contribution is 5.96. The van der Waals surface area contributed by atoms with Crippen LogP contribution in [0.2, 0.25) is 0 Å². The van der Waals surface area contributed by atoms with E-state index in [9.17, 15) is 13.2 Å². The summed E-state index contributed by atoms with van der Waals surface area (Å²) < 4.78 is 43.3. The van der Waals surface area contributed by atoms with Gasteiger partial charge in [-0.1, -0.05) is 0 Å². The molecular weight excluding hydrogens is 233 g/mol. The molecule has 0 saturated carbocycles. The summed E-state index contributed by atoms with van der Waals surface area (Å²) in [6.45, 7) is 3.43. The van der Waals surface area contributed by atoms with Gasteiger partial charge < -0.3 is 10.5 Å². The van der Waals surface area contributed by atoms with Crippen molar-refractivity contribution in [3.63, 3.8) is 0 Å². The zero-order valence-electron chi connectivity index (χ0n) is 9.43. The van der Waals surface area contributed by atoms with Crippen molar-refractivity contribution < 1.29 is 17.9 Å². The molecule has 0 bridgehead atoms. The molecule has 0 aliphatic rings. The topological polar surface area (TPSA) is 59.1 Å². The van der Waals surface area contributed by atoms with E-state index in [0.717, 1.165) is 12.1 Å². The second kappa shape index (κ2) is 4.65. The number of ether oxygens (including phenoxy) is 1. The first-order chi connectivity index (χ1) is 7.71. The second-order valence-corrected chi connectivity index (χ2v) is 3.79. The largest absolute Gasteiger partial charge is 0.491 e. The molecule has 3 nitrogen and oxygen atoms in total. The molecule has 94 valence electrons. The fraction of sp³-hybridized carbons (Fsp3) is 0.364. The van der Waals surface area contributed by atoms with Crippen LogP contribution in [0.3, 0.4) is 0 Å². The Hall–Kier alpha value is -1.72. The Balaban J connectivity index is 3.25. The third-order valence-electron chi connectivity index (χ3n) is 1.96. The normalized spacial score (nSPS) is 11.6. The summed E-state index contributed by atoms with van der Waals surface area (Å²) in [5.74, 6) is -0.509. The van der Waals surface area contributed by atoms with Gasteiger partial charge in [0.1, 0.15) is 11.6 Å². The number of hydrogen-bond acceptors (Lipinski definition) is 2. The van der Waals surface area contributed by atoms with E-state index in [1.165, 1.54) is 6.07 Å². The predicted molar refractivity (Wildman–Crippen MR) is 58.2 cm³/mol. The maximum atomic E-state index is 12.7. The number of nitrogen functional groups attached to an aromatic ring is 1. The van der Waals surface area contributed by atoms with Gasteiger partial charge in [-0.2, -0.15) is 13.2 Å². The minimum atomic E-state index is -4.56. The number of halogens is 3. The van der Waals surface area contributed by atoms with E-state index in [0.29, 0.717) is 0 Å². The van der Waals surface area contributed by atoms with Crippen LogP contribution in [0.5, 0.6) is 5.75 Å². The molecule has 6 heteroatoms. The second-order valence-electron chi connectivity index (χ2n) is 3.79. The molecule has 17 heavy (non-hydrogen) atoms. The van der Waals surface area contributed by atoms with Gasteiger partial charge in [-0.3, -0.25) is 5.41 Å². The fourth-order valence-corrected chi connectivity index (χ4v) is 1.34. The summed E-state index contributed by atoms with van der Waals surface area (Å²) in [6, 6.07) is 3.37. The van der Waals surface area contributed by atoms with Gasteiger partial charge in [0.05, 0.1) is 11.7 Å². The van der Waals surface area contributed by atoms with E-state index < -0.39 is 17.6 Å². The third kappa shape index (κ3) is 3.37. The highest BCUT2D eigenvalue weighted by atomic mass is 19.4. The lowest BCUT2D eigenvalue weighted by molar-refractivity contribution is -0.137. The van der Waals surface area contributed by atoms with Gasteiger partial charge >= 0.3 is 6.18 Å². The van der Waals surface area contributed by atoms with E-state index in [1.807, 2.05) is 0 Å². The number of amidine groups is 1. The van der Waals surface area contributed by atoms with Crippen molar-refractivity contribution in [1.82, 2.24) is 0 Å². The predicted octanol–water partition coefficient (Wildman–Crippen LogP) is 2.78. The first-order valence-electron chi connectivity index (χ1n) is 4.94. The first kappa shape index (κ1) is 13.3. The van der Waals surface area contributed by atoms with Crippen LogP contribution in [0.25, 0.3) is 0 Å². The fourth-order valence-electron chi connectivity index (χ4n) is 1.34. The Bertz CT molecular complexity index is 427. The minimum Gasteiger partial charge on any atom is -0.491 e. The Morgan fingerprint density at radius 3 is 2.35 bits per heavy atom. The molecule has 0 fully saturated rings. The molecular formula is C11H13F3N2O. The van der Waals surface area contributed by atoms with Gasteiger partial charge in [0.15, 0.2) is 0 Å². The van der Waals surface area contributed by atoms with Gasteiger partial charge in [-0.15, -0.1) is 0 Å². The number of nitrogens with one attached hydrogen (secondary N) is 1. The molecule has 0 atom stereocenters. The smallest absolute Gasteiger partial charge is 0.417 e. The molecule has 1 aromatic rings. The summed E-state index contributed by atoms with van der Waals surface area (Å²) in [6.07, 6.45) is -4.78. The number of benzene rings is 1. The van der Waals surface area contributed by atoms with E-state index in [4.69, 9.17) is 15.9 Å². The molecule has 0 heterocycles. The number of rotatable bonds is 3. The van der Waals surface area contributed by atoms with Crippen molar-refractivity contribution in [2.24, 2.45) is 5.73 Å². The zero-order valence-corrected chi connectivity index (χ0v) is 9.43. The summed E-state index contributed by atoms with van der Waals surface area (Å²) in [5, 5.41) is 7.11. The summed E-state index contributed by atoms with van der Waals surface area (Å²) in [5.41, 5.74) is 3.81. The molecule has 0 saturated heterocycles. The maximum absolute atomic E-state index is 12.7. The summed E-state index contributed by atoms with van der Waals surface area (Å²) in [4.78, 5) is 0. The van der Waals surface area contributed by atoms with Crippen LogP contribution in [-0.2, 0) is 6.18 Å². The van der Waals surface area contributed by atoms with Crippen LogP contribution < -0.4 is 10.5 Å². The van der Waals surface area contributed by atoms with Crippen LogP contribution in [0.1, 0.15) is 25.0 Å². The summed E-state index contributed by atoms with van der Waals surface area (Å²) >= 11 is 0. The molecule has 0 aromatic heterocycles. The molecule has 0 aliphatic carbocycles. The number of nitrogens with two attached hydrogens (primary N) is 1. The number of hydrogen-bond donors (Lipinski definition) is 2. The maximum Gasteiger partial charge on any atom is 0.417 e. The molecule has 0 aliphatic heterocycles. The van der Waals surface area contributed by atoms with Crippen molar-refractivity contribution in [2.45, 2.75) is 26.1 Å². The van der Waals surface area contributed by atoms with E-state index in [-0.39, 0.29) is 17.4 Å². The molecule has 1 aromatic carbocycles. The molecule has 0 radical (unpaired) electrons. The van der Waals surface area contributed by atoms with Crippen molar-refractivity contribution in [1.29, 1.82) is 5.41 Å². The van der Waals surface area contributed by atoms with Gasteiger partial charge in [-0.25, -0.2) is 0 Å². The van der Waals surface area contributed by atoms with E-state index in [1.54, 1.807) is 13.8 Å². The molecule has 1 rings (SSSR count). The lowest BCUT2D eigenvalue weighted by atomic mass is 10.1. The lowest BCUT2D eigenvalue weighted by Crippen LogP contribution is -2.19. The quantitative estimate of drug-likeness (QED) is 0.636. The first-order valence-corrected chi connectivity index (χ1v) is 4.94. The van der Waals surface area contributed by atoms with Gasteiger partial charge in [-0.05, 0) is 32.0 Å². The van der Waals surface area contributed by atoms with Crippen LogP contribution in [-0.4, -0.2) is 11.9 Å². The molecule has 0 unspecified atom stereocenters. The molecule has 0 spiro atoms. The highest BCUT2D eigenvalue weighted by Gasteiger charge is 2.34. The Labute approximate surface area is 96.9 Å². The van der Waals surface area contributed by atoms with E-state index in [2.05, 4.69) is 0 Å². The molecule has 3 N–H and O–H groups in total. The third-order valence-corrected chi connectivity index (χ3v) is 1.96. The van der Waals surface area contributed by atoms with Crippen LogP contribution in [0.15, 0.2) is 18.2 Å². The Kier molecular flexibility index (Phi) is 3.65. The lowest BCUT2D eigenvalue weighted by Gasteiger charge is -2.15. The minimum absolute atomic E-state index is 0.109. The average Bonchev–Trinajstić information content (AvgIpc) is 2.14. The summed E-state index contributed by atoms with van der Waals surface area (Å²) in [7, 11) is 0. The van der Waals surface area contributed by atoms with Crippen LogP contribution in [0.4, 0.5) is 13.2 Å². The van der Waals surface area contributed by atoms with Crippen molar-refractivity contribution >= 4 is 5.84 Å². The van der Waals surface area contributed by atoms with Gasteiger partial charge in [0.25, 0.3) is 0 Å². The van der Waals surface area contributed by atoms with Crippen molar-refractivity contribution in [3.8, 4) is 5.75 Å². The van der Waals surface area contributed by atoms with Crippen LogP contribution in [0, 0.1) is 5.41 Å². The SMILES string of the molecule is CC(C)Oc1ccc(C(=N)N)c(C(F)(F)F)c1. The number of alkyl halides is 3. The van der Waals surface area contributed by atoms with Crippen molar-refractivity contribution in [3.05, 3.63) is 29.3 Å². The van der Waals surface area contributed by atoms with Gasteiger partial charge in [0, 0.05) is 5.56 Å². The zero-order chi connectivity index (χ0) is 13.2.